The molecule has 3 rings (SSSR count). The Bertz CT molecular complexity index is 561. The SMILES string of the molecule is CC(=O)N1c2cnc(N)nc2C2(CCCCC2)C1(C)C. The zero-order valence-corrected chi connectivity index (χ0v) is 12.4. The number of nitrogens with zero attached hydrogens (tertiary/aromatic N) is 3. The number of anilines is 2. The van der Waals surface area contributed by atoms with Crippen LogP contribution in [0.3, 0.4) is 0 Å². The summed E-state index contributed by atoms with van der Waals surface area (Å²) < 4.78 is 0. The van der Waals surface area contributed by atoms with Gasteiger partial charge in [0.15, 0.2) is 0 Å². The van der Waals surface area contributed by atoms with Crippen LogP contribution in [0.2, 0.25) is 0 Å². The second-order valence-corrected chi connectivity index (χ2v) is 6.52. The summed E-state index contributed by atoms with van der Waals surface area (Å²) in [5, 5.41) is 0. The molecule has 1 saturated carbocycles. The van der Waals surface area contributed by atoms with Crippen LogP contribution in [0.15, 0.2) is 6.20 Å². The summed E-state index contributed by atoms with van der Waals surface area (Å²) in [5.74, 6) is 0.349. The van der Waals surface area contributed by atoms with Gasteiger partial charge in [-0.1, -0.05) is 19.3 Å². The molecule has 1 fully saturated rings. The van der Waals surface area contributed by atoms with E-state index in [0.29, 0.717) is 5.95 Å². The maximum atomic E-state index is 12.2. The Hall–Kier alpha value is -1.65. The average molecular weight is 274 g/mol. The van der Waals surface area contributed by atoms with Crippen molar-refractivity contribution in [1.29, 1.82) is 0 Å². The van der Waals surface area contributed by atoms with Crippen LogP contribution in [0.5, 0.6) is 0 Å². The minimum absolute atomic E-state index is 0.0482. The molecule has 0 unspecified atom stereocenters. The van der Waals surface area contributed by atoms with Crippen molar-refractivity contribution in [2.24, 2.45) is 0 Å². The molecule has 20 heavy (non-hydrogen) atoms. The van der Waals surface area contributed by atoms with Crippen LogP contribution in [0.4, 0.5) is 11.6 Å². The molecule has 1 amide bonds. The molecule has 0 radical (unpaired) electrons. The predicted octanol–water partition coefficient (Wildman–Crippen LogP) is 2.41. The second-order valence-electron chi connectivity index (χ2n) is 6.52. The van der Waals surface area contributed by atoms with Crippen molar-refractivity contribution in [2.45, 2.75) is 63.8 Å². The van der Waals surface area contributed by atoms with Crippen molar-refractivity contribution >= 4 is 17.5 Å². The summed E-state index contributed by atoms with van der Waals surface area (Å²) >= 11 is 0. The first-order valence-electron chi connectivity index (χ1n) is 7.34. The molecule has 2 N–H and O–H groups in total. The lowest BCUT2D eigenvalue weighted by Crippen LogP contribution is -2.56. The molecular weight excluding hydrogens is 252 g/mol. The molecule has 1 aliphatic carbocycles. The molecule has 5 nitrogen and oxygen atoms in total. The third-order valence-electron chi connectivity index (χ3n) is 5.23. The van der Waals surface area contributed by atoms with Crippen molar-refractivity contribution in [3.8, 4) is 0 Å². The first kappa shape index (κ1) is 13.3. The lowest BCUT2D eigenvalue weighted by atomic mass is 9.62. The van der Waals surface area contributed by atoms with Crippen LogP contribution in [-0.2, 0) is 10.2 Å². The van der Waals surface area contributed by atoms with Crippen molar-refractivity contribution in [1.82, 2.24) is 9.97 Å². The van der Waals surface area contributed by atoms with E-state index in [1.54, 1.807) is 13.1 Å². The zero-order chi connectivity index (χ0) is 14.5. The fourth-order valence-electron chi connectivity index (χ4n) is 4.28. The molecule has 0 bridgehead atoms. The molecule has 1 aliphatic heterocycles. The van der Waals surface area contributed by atoms with Crippen molar-refractivity contribution in [3.63, 3.8) is 0 Å². The number of hydrogen-bond acceptors (Lipinski definition) is 4. The lowest BCUT2D eigenvalue weighted by molar-refractivity contribution is -0.118. The lowest BCUT2D eigenvalue weighted by Gasteiger charge is -2.46. The van der Waals surface area contributed by atoms with E-state index in [-0.39, 0.29) is 16.9 Å². The Kier molecular flexibility index (Phi) is 2.78. The highest BCUT2D eigenvalue weighted by molar-refractivity contribution is 5.96. The van der Waals surface area contributed by atoms with Gasteiger partial charge in [-0.2, -0.15) is 0 Å². The largest absolute Gasteiger partial charge is 0.368 e. The molecule has 5 heteroatoms. The molecule has 0 aromatic carbocycles. The number of fused-ring (bicyclic) bond motifs is 2. The number of aromatic nitrogens is 2. The summed E-state index contributed by atoms with van der Waals surface area (Å²) in [4.78, 5) is 22.7. The van der Waals surface area contributed by atoms with Gasteiger partial charge in [-0.15, -0.1) is 0 Å². The summed E-state index contributed by atoms with van der Waals surface area (Å²) in [6.45, 7) is 5.92. The van der Waals surface area contributed by atoms with E-state index < -0.39 is 0 Å². The van der Waals surface area contributed by atoms with Gasteiger partial charge >= 0.3 is 0 Å². The quantitative estimate of drug-likeness (QED) is 0.788. The highest BCUT2D eigenvalue weighted by Gasteiger charge is 2.59. The highest BCUT2D eigenvalue weighted by Crippen LogP contribution is 2.57. The monoisotopic (exact) mass is 274 g/mol. The Morgan fingerprint density at radius 2 is 1.95 bits per heavy atom. The average Bonchev–Trinajstić information content (AvgIpc) is 2.57. The first-order chi connectivity index (χ1) is 9.40. The summed E-state index contributed by atoms with van der Waals surface area (Å²) in [7, 11) is 0. The number of carbonyl (C=O) groups is 1. The first-order valence-corrected chi connectivity index (χ1v) is 7.34. The van der Waals surface area contributed by atoms with E-state index >= 15 is 0 Å². The van der Waals surface area contributed by atoms with E-state index in [4.69, 9.17) is 5.73 Å². The van der Waals surface area contributed by atoms with E-state index in [9.17, 15) is 4.79 Å². The highest BCUT2D eigenvalue weighted by atomic mass is 16.2. The number of nitrogens with two attached hydrogens (primary N) is 1. The van der Waals surface area contributed by atoms with Crippen LogP contribution in [-0.4, -0.2) is 21.4 Å². The minimum atomic E-state index is -0.274. The van der Waals surface area contributed by atoms with E-state index in [0.717, 1.165) is 24.2 Å². The number of hydrogen-bond donors (Lipinski definition) is 1. The van der Waals surface area contributed by atoms with Gasteiger partial charge in [0.2, 0.25) is 11.9 Å². The zero-order valence-electron chi connectivity index (χ0n) is 12.4. The number of nitrogen functional groups attached to an aromatic ring is 1. The Morgan fingerprint density at radius 1 is 1.30 bits per heavy atom. The maximum Gasteiger partial charge on any atom is 0.224 e. The minimum Gasteiger partial charge on any atom is -0.368 e. The van der Waals surface area contributed by atoms with Gasteiger partial charge < -0.3 is 10.6 Å². The third-order valence-corrected chi connectivity index (χ3v) is 5.23. The molecule has 1 aromatic rings. The van der Waals surface area contributed by atoms with Gasteiger partial charge in [0.1, 0.15) is 0 Å². The molecule has 0 atom stereocenters. The van der Waals surface area contributed by atoms with Crippen LogP contribution < -0.4 is 10.6 Å². The van der Waals surface area contributed by atoms with Gasteiger partial charge in [0, 0.05) is 12.3 Å². The van der Waals surface area contributed by atoms with Crippen LogP contribution in [0.1, 0.15) is 58.6 Å². The molecular formula is C15H22N4O. The normalized spacial score (nSPS) is 22.9. The fourth-order valence-corrected chi connectivity index (χ4v) is 4.28. The molecule has 108 valence electrons. The van der Waals surface area contributed by atoms with Crippen molar-refractivity contribution in [3.05, 3.63) is 11.9 Å². The molecule has 1 spiro atoms. The Balaban J connectivity index is 2.25. The maximum absolute atomic E-state index is 12.2. The fraction of sp³-hybridized carbons (Fsp3) is 0.667. The van der Waals surface area contributed by atoms with Crippen LogP contribution >= 0.6 is 0 Å². The van der Waals surface area contributed by atoms with Gasteiger partial charge in [0.05, 0.1) is 23.1 Å². The number of carbonyl (C=O) groups excluding carboxylic acids is 1. The van der Waals surface area contributed by atoms with Crippen LogP contribution in [0, 0.1) is 0 Å². The Morgan fingerprint density at radius 3 is 2.55 bits per heavy atom. The third kappa shape index (κ3) is 1.52. The molecule has 1 aromatic heterocycles. The van der Waals surface area contributed by atoms with Crippen molar-refractivity contribution < 1.29 is 4.79 Å². The van der Waals surface area contributed by atoms with Gasteiger partial charge in [-0.3, -0.25) is 4.79 Å². The van der Waals surface area contributed by atoms with Crippen LogP contribution in [0.25, 0.3) is 0 Å². The van der Waals surface area contributed by atoms with Gasteiger partial charge in [-0.05, 0) is 26.7 Å². The molecule has 2 aliphatic rings. The Labute approximate surface area is 119 Å². The standard InChI is InChI=1S/C15H22N4O/c1-10(20)19-11-9-17-13(16)18-12(11)15(14(19,2)3)7-5-4-6-8-15/h9H,4-8H2,1-3H3,(H2,16,17,18). The number of rotatable bonds is 0. The summed E-state index contributed by atoms with van der Waals surface area (Å²) in [6.07, 6.45) is 7.45. The molecule has 0 saturated heterocycles. The summed E-state index contributed by atoms with van der Waals surface area (Å²) in [6, 6.07) is 0. The molecule has 2 heterocycles. The topological polar surface area (TPSA) is 72.1 Å². The smallest absolute Gasteiger partial charge is 0.224 e. The summed E-state index contributed by atoms with van der Waals surface area (Å²) in [5.41, 5.74) is 7.27. The number of amides is 1. The van der Waals surface area contributed by atoms with Gasteiger partial charge in [0.25, 0.3) is 0 Å². The van der Waals surface area contributed by atoms with Crippen molar-refractivity contribution in [2.75, 3.05) is 10.6 Å². The van der Waals surface area contributed by atoms with E-state index in [1.807, 2.05) is 4.90 Å². The van der Waals surface area contributed by atoms with E-state index in [1.165, 1.54) is 19.3 Å². The van der Waals surface area contributed by atoms with E-state index in [2.05, 4.69) is 23.8 Å². The predicted molar refractivity (Wildman–Crippen MR) is 78.4 cm³/mol. The second kappa shape index (κ2) is 4.17. The van der Waals surface area contributed by atoms with Gasteiger partial charge in [-0.25, -0.2) is 9.97 Å².